The molecular weight excluding hydrogens is 507 g/mol. The number of H-pyrrole nitrogens is 1. The van der Waals surface area contributed by atoms with Gasteiger partial charge in [-0.3, -0.25) is 9.59 Å². The summed E-state index contributed by atoms with van der Waals surface area (Å²) in [5.41, 5.74) is 1.80. The normalized spacial score (nSPS) is 12.5. The number of alkyl halides is 4. The number of nitrogens with one attached hydrogen (secondary N) is 1. The highest BCUT2D eigenvalue weighted by molar-refractivity contribution is 6.30. The molecule has 3 rings (SSSR count). The maximum Gasteiger partial charge on any atom is 0.416 e. The van der Waals surface area contributed by atoms with Gasteiger partial charge in [-0.25, -0.2) is 0 Å². The number of amides is 2. The van der Waals surface area contributed by atoms with Crippen molar-refractivity contribution in [2.45, 2.75) is 37.9 Å². The Labute approximate surface area is 219 Å². The molecule has 0 aliphatic carbocycles. The number of ether oxygens (including phenoxy) is 1. The van der Waals surface area contributed by atoms with Crippen molar-refractivity contribution in [3.63, 3.8) is 0 Å². The van der Waals surface area contributed by atoms with Gasteiger partial charge in [0.1, 0.15) is 5.38 Å². The van der Waals surface area contributed by atoms with Gasteiger partial charge in [0, 0.05) is 50.5 Å². The fraction of sp³-hybridized carbons (Fsp3) is 0.407. The Balaban J connectivity index is 1.80. The van der Waals surface area contributed by atoms with Crippen LogP contribution < -0.4 is 0 Å². The Bertz CT molecular complexity index is 1180. The van der Waals surface area contributed by atoms with Crippen LogP contribution in [-0.4, -0.2) is 65.3 Å². The van der Waals surface area contributed by atoms with Crippen molar-refractivity contribution in [3.8, 4) is 0 Å². The molecule has 1 N–H and O–H groups in total. The molecule has 37 heavy (non-hydrogen) atoms. The molecule has 2 aromatic carbocycles. The minimum absolute atomic E-state index is 0.107. The molecule has 3 aromatic rings. The topological polar surface area (TPSA) is 65.6 Å². The largest absolute Gasteiger partial charge is 0.416 e. The van der Waals surface area contributed by atoms with Crippen LogP contribution in [0.15, 0.2) is 54.7 Å². The zero-order chi connectivity index (χ0) is 27.0. The number of rotatable bonds is 12. The Hall–Kier alpha value is -3.04. The van der Waals surface area contributed by atoms with E-state index >= 15 is 0 Å². The molecule has 0 radical (unpaired) electrons. The van der Waals surface area contributed by atoms with Crippen LogP contribution >= 0.6 is 11.6 Å². The van der Waals surface area contributed by atoms with E-state index in [9.17, 15) is 22.8 Å². The highest BCUT2D eigenvalue weighted by Gasteiger charge is 2.30. The van der Waals surface area contributed by atoms with E-state index in [-0.39, 0.29) is 24.9 Å². The van der Waals surface area contributed by atoms with Gasteiger partial charge in [0.2, 0.25) is 11.8 Å². The lowest BCUT2D eigenvalue weighted by Gasteiger charge is -2.28. The third-order valence-electron chi connectivity index (χ3n) is 6.09. The molecule has 0 spiro atoms. The monoisotopic (exact) mass is 537 g/mol. The number of halogens is 4. The number of hydrogen-bond donors (Lipinski definition) is 1. The molecular formula is C27H31ClF3N3O3. The lowest BCUT2D eigenvalue weighted by molar-refractivity contribution is -0.140. The molecule has 0 saturated heterocycles. The highest BCUT2D eigenvalue weighted by Crippen LogP contribution is 2.29. The van der Waals surface area contributed by atoms with E-state index < -0.39 is 17.1 Å². The molecule has 0 fully saturated rings. The first-order valence-corrected chi connectivity index (χ1v) is 12.4. The Kier molecular flexibility index (Phi) is 10.00. The maximum absolute atomic E-state index is 13.4. The van der Waals surface area contributed by atoms with Crippen LogP contribution in [-0.2, 0) is 33.5 Å². The van der Waals surface area contributed by atoms with E-state index in [2.05, 4.69) is 4.98 Å². The van der Waals surface area contributed by atoms with Crippen LogP contribution in [0.5, 0.6) is 0 Å². The van der Waals surface area contributed by atoms with E-state index in [0.29, 0.717) is 38.1 Å². The summed E-state index contributed by atoms with van der Waals surface area (Å²) in [6.07, 6.45) is -1.49. The van der Waals surface area contributed by atoms with Crippen LogP contribution in [0.4, 0.5) is 13.2 Å². The van der Waals surface area contributed by atoms with Gasteiger partial charge in [-0.05, 0) is 49.1 Å². The summed E-state index contributed by atoms with van der Waals surface area (Å²) in [5.74, 6) is -0.681. The Morgan fingerprint density at radius 2 is 1.76 bits per heavy atom. The number of aromatic nitrogens is 1. The minimum Gasteiger partial charge on any atom is -0.385 e. The summed E-state index contributed by atoms with van der Waals surface area (Å²) in [7, 11) is 1.55. The van der Waals surface area contributed by atoms with Gasteiger partial charge in [0.05, 0.1) is 12.1 Å². The molecule has 0 aliphatic heterocycles. The fourth-order valence-corrected chi connectivity index (χ4v) is 4.23. The van der Waals surface area contributed by atoms with Crippen LogP contribution in [0.2, 0.25) is 0 Å². The third kappa shape index (κ3) is 7.97. The van der Waals surface area contributed by atoms with Crippen molar-refractivity contribution < 1.29 is 27.5 Å². The molecule has 6 nitrogen and oxygen atoms in total. The lowest BCUT2D eigenvalue weighted by Crippen LogP contribution is -2.45. The summed E-state index contributed by atoms with van der Waals surface area (Å²) in [4.78, 5) is 32.3. The molecule has 0 saturated carbocycles. The van der Waals surface area contributed by atoms with Crippen molar-refractivity contribution >= 4 is 34.3 Å². The molecule has 1 aromatic heterocycles. The summed E-state index contributed by atoms with van der Waals surface area (Å²) in [6.45, 7) is 2.51. The van der Waals surface area contributed by atoms with Gasteiger partial charge >= 0.3 is 6.18 Å². The Morgan fingerprint density at radius 1 is 1.05 bits per heavy atom. The number of carbonyl (C=O) groups excluding carboxylic acids is 2. The second-order valence-electron chi connectivity index (χ2n) is 8.84. The van der Waals surface area contributed by atoms with Crippen LogP contribution in [0.3, 0.4) is 0 Å². The van der Waals surface area contributed by atoms with Crippen molar-refractivity contribution in [2.24, 2.45) is 0 Å². The summed E-state index contributed by atoms with van der Waals surface area (Å²) >= 11 is 6.02. The van der Waals surface area contributed by atoms with Crippen LogP contribution in [0, 0.1) is 0 Å². The molecule has 0 aliphatic rings. The predicted octanol–water partition coefficient (Wildman–Crippen LogP) is 5.25. The first kappa shape index (κ1) is 28.5. The number of fused-ring (bicyclic) bond motifs is 1. The minimum atomic E-state index is -4.44. The second-order valence-corrected chi connectivity index (χ2v) is 9.50. The number of methoxy groups -OCH3 is 1. The number of carbonyl (C=O) groups is 2. The third-order valence-corrected chi connectivity index (χ3v) is 6.27. The summed E-state index contributed by atoms with van der Waals surface area (Å²) < 4.78 is 44.1. The molecule has 1 heterocycles. The zero-order valence-corrected chi connectivity index (χ0v) is 21.6. The molecule has 1 atom stereocenters. The van der Waals surface area contributed by atoms with Crippen molar-refractivity contribution in [2.75, 3.05) is 33.4 Å². The van der Waals surface area contributed by atoms with Gasteiger partial charge in [0.15, 0.2) is 0 Å². The van der Waals surface area contributed by atoms with Gasteiger partial charge in [-0.2, -0.15) is 13.2 Å². The fourth-order valence-electron chi connectivity index (χ4n) is 4.09. The first-order valence-electron chi connectivity index (χ1n) is 12.0. The standard InChI is InChI=1S/C27H31ClF3N3O3/c1-19(28)26(36)34(13-5-15-37-2)18-25(35)33(17-20-8-10-22(11-9-20)27(29,30)31)14-12-21-16-32-24-7-4-3-6-23(21)24/h3-4,6-11,16,19,32H,5,12-15,17-18H2,1-2H3. The number of hydrogen-bond acceptors (Lipinski definition) is 3. The maximum atomic E-state index is 13.4. The van der Waals surface area contributed by atoms with Crippen molar-refractivity contribution in [1.82, 2.24) is 14.8 Å². The predicted molar refractivity (Wildman–Crippen MR) is 137 cm³/mol. The summed E-state index contributed by atoms with van der Waals surface area (Å²) in [5, 5.41) is 0.238. The molecule has 0 bridgehead atoms. The highest BCUT2D eigenvalue weighted by atomic mass is 35.5. The van der Waals surface area contributed by atoms with E-state index in [0.717, 1.165) is 28.6 Å². The molecule has 10 heteroatoms. The number of nitrogens with zero attached hydrogens (tertiary/aromatic N) is 2. The second kappa shape index (κ2) is 13.0. The number of aromatic amines is 1. The lowest BCUT2D eigenvalue weighted by atomic mass is 10.1. The molecule has 2 amide bonds. The average molecular weight is 538 g/mol. The van der Waals surface area contributed by atoms with Gasteiger partial charge in [0.25, 0.3) is 0 Å². The van der Waals surface area contributed by atoms with E-state index in [1.54, 1.807) is 18.9 Å². The quantitative estimate of drug-likeness (QED) is 0.253. The van der Waals surface area contributed by atoms with Gasteiger partial charge in [-0.1, -0.05) is 30.3 Å². The van der Waals surface area contributed by atoms with Gasteiger partial charge in [-0.15, -0.1) is 11.6 Å². The van der Waals surface area contributed by atoms with E-state index in [4.69, 9.17) is 16.3 Å². The molecule has 1 unspecified atom stereocenters. The first-order chi connectivity index (χ1) is 17.6. The summed E-state index contributed by atoms with van der Waals surface area (Å²) in [6, 6.07) is 12.6. The van der Waals surface area contributed by atoms with Gasteiger partial charge < -0.3 is 19.5 Å². The van der Waals surface area contributed by atoms with Crippen molar-refractivity contribution in [1.29, 1.82) is 0 Å². The van der Waals surface area contributed by atoms with Crippen LogP contribution in [0.1, 0.15) is 30.0 Å². The number of para-hydroxylation sites is 1. The average Bonchev–Trinajstić information content (AvgIpc) is 3.28. The van der Waals surface area contributed by atoms with Crippen molar-refractivity contribution in [3.05, 3.63) is 71.4 Å². The Morgan fingerprint density at radius 3 is 2.41 bits per heavy atom. The number of benzene rings is 2. The zero-order valence-electron chi connectivity index (χ0n) is 20.9. The van der Waals surface area contributed by atoms with Crippen LogP contribution in [0.25, 0.3) is 10.9 Å². The SMILES string of the molecule is COCCCN(CC(=O)N(CCc1c[nH]c2ccccc12)Cc1ccc(C(F)(F)F)cc1)C(=O)C(C)Cl. The van der Waals surface area contributed by atoms with E-state index in [1.165, 1.54) is 17.0 Å². The van der Waals surface area contributed by atoms with E-state index in [1.807, 2.05) is 30.5 Å². The smallest absolute Gasteiger partial charge is 0.385 e. The molecule has 200 valence electrons.